The van der Waals surface area contributed by atoms with Crippen LogP contribution >= 0.6 is 11.8 Å². The highest BCUT2D eigenvalue weighted by molar-refractivity contribution is 8.02. The molecule has 0 saturated heterocycles. The van der Waals surface area contributed by atoms with Crippen molar-refractivity contribution in [2.75, 3.05) is 6.26 Å². The van der Waals surface area contributed by atoms with Crippen LogP contribution in [0.3, 0.4) is 0 Å². The highest BCUT2D eigenvalue weighted by atomic mass is 32.2. The Morgan fingerprint density at radius 1 is 1.67 bits per heavy atom. The van der Waals surface area contributed by atoms with E-state index in [1.54, 1.807) is 17.8 Å². The molecule has 0 bridgehead atoms. The van der Waals surface area contributed by atoms with Crippen LogP contribution in [0.4, 0.5) is 0 Å². The summed E-state index contributed by atoms with van der Waals surface area (Å²) >= 11 is 1.65. The molecule has 0 aliphatic carbocycles. The van der Waals surface area contributed by atoms with Crippen molar-refractivity contribution in [3.8, 4) is 11.8 Å². The van der Waals surface area contributed by atoms with Crippen molar-refractivity contribution in [3.05, 3.63) is 23.6 Å². The second-order valence-corrected chi connectivity index (χ2v) is 2.18. The summed E-state index contributed by atoms with van der Waals surface area (Å²) in [4.78, 5) is 1.09. The third kappa shape index (κ3) is 3.93. The minimum atomic E-state index is 1.09. The Hall–Kier alpha value is -0.610. The molecule has 0 fully saturated rings. The minimum Gasteiger partial charge on any atom is -0.121 e. The molecule has 0 nitrogen and oxygen atoms in total. The molecule has 0 atom stereocenters. The van der Waals surface area contributed by atoms with E-state index in [1.807, 2.05) is 19.3 Å². The second-order valence-electron chi connectivity index (χ2n) is 1.33. The second kappa shape index (κ2) is 5.53. The SMILES string of the molecule is C=CC#C/C(=C\C)SC. The van der Waals surface area contributed by atoms with Gasteiger partial charge in [0, 0.05) is 0 Å². The maximum atomic E-state index is 3.49. The van der Waals surface area contributed by atoms with E-state index in [1.165, 1.54) is 0 Å². The van der Waals surface area contributed by atoms with Crippen LogP contribution in [-0.4, -0.2) is 6.26 Å². The summed E-state index contributed by atoms with van der Waals surface area (Å²) in [7, 11) is 0. The van der Waals surface area contributed by atoms with Gasteiger partial charge in [0.1, 0.15) is 0 Å². The lowest BCUT2D eigenvalue weighted by Crippen LogP contribution is -1.64. The summed E-state index contributed by atoms with van der Waals surface area (Å²) in [5, 5.41) is 0. The minimum absolute atomic E-state index is 1.09. The van der Waals surface area contributed by atoms with Crippen LogP contribution in [0.5, 0.6) is 0 Å². The van der Waals surface area contributed by atoms with E-state index >= 15 is 0 Å². The maximum absolute atomic E-state index is 3.49. The van der Waals surface area contributed by atoms with Crippen molar-refractivity contribution in [3.63, 3.8) is 0 Å². The highest BCUT2D eigenvalue weighted by Crippen LogP contribution is 2.07. The lowest BCUT2D eigenvalue weighted by Gasteiger charge is -1.85. The Morgan fingerprint density at radius 2 is 2.33 bits per heavy atom. The van der Waals surface area contributed by atoms with Gasteiger partial charge >= 0.3 is 0 Å². The van der Waals surface area contributed by atoms with Gasteiger partial charge in [0.15, 0.2) is 0 Å². The van der Waals surface area contributed by atoms with Gasteiger partial charge in [-0.2, -0.15) is 0 Å². The molecule has 0 rings (SSSR count). The van der Waals surface area contributed by atoms with Crippen molar-refractivity contribution in [2.24, 2.45) is 0 Å². The summed E-state index contributed by atoms with van der Waals surface area (Å²) in [6.07, 6.45) is 5.59. The van der Waals surface area contributed by atoms with E-state index in [-0.39, 0.29) is 0 Å². The zero-order valence-corrected chi connectivity index (χ0v) is 6.59. The summed E-state index contributed by atoms with van der Waals surface area (Å²) < 4.78 is 0. The van der Waals surface area contributed by atoms with Crippen LogP contribution in [0, 0.1) is 11.8 Å². The van der Waals surface area contributed by atoms with Gasteiger partial charge in [-0.05, 0) is 19.3 Å². The Kier molecular flexibility index (Phi) is 5.15. The standard InChI is InChI=1S/C8H10S/c1-4-6-7-8(5-2)9-3/h4-5H,1H2,2-3H3/b8-5+. The normalized spacial score (nSPS) is 9.78. The molecule has 0 aromatic heterocycles. The van der Waals surface area contributed by atoms with Gasteiger partial charge in [-0.25, -0.2) is 0 Å². The lowest BCUT2D eigenvalue weighted by molar-refractivity contribution is 1.74. The van der Waals surface area contributed by atoms with E-state index in [0.717, 1.165) is 4.91 Å². The largest absolute Gasteiger partial charge is 0.121 e. The van der Waals surface area contributed by atoms with E-state index in [4.69, 9.17) is 0 Å². The molecule has 0 spiro atoms. The first-order chi connectivity index (χ1) is 4.35. The fourth-order valence-corrected chi connectivity index (χ4v) is 0.760. The van der Waals surface area contributed by atoms with Gasteiger partial charge in [0.25, 0.3) is 0 Å². The van der Waals surface area contributed by atoms with Crippen LogP contribution < -0.4 is 0 Å². The third-order valence-corrected chi connectivity index (χ3v) is 1.56. The quantitative estimate of drug-likeness (QED) is 0.501. The predicted molar refractivity (Wildman–Crippen MR) is 45.2 cm³/mol. The Balaban J connectivity index is 3.99. The molecule has 1 heteroatoms. The average molecular weight is 138 g/mol. The number of rotatable bonds is 1. The molecule has 0 heterocycles. The van der Waals surface area contributed by atoms with Crippen molar-refractivity contribution in [2.45, 2.75) is 6.92 Å². The Bertz CT molecular complexity index is 167. The molecular formula is C8H10S. The number of allylic oxidation sites excluding steroid dienone is 3. The molecular weight excluding hydrogens is 128 g/mol. The van der Waals surface area contributed by atoms with Crippen molar-refractivity contribution >= 4 is 11.8 Å². The van der Waals surface area contributed by atoms with Crippen molar-refractivity contribution < 1.29 is 0 Å². The maximum Gasteiger partial charge on any atom is 0.0531 e. The topological polar surface area (TPSA) is 0 Å². The van der Waals surface area contributed by atoms with Gasteiger partial charge < -0.3 is 0 Å². The van der Waals surface area contributed by atoms with Gasteiger partial charge in [-0.1, -0.05) is 24.5 Å². The molecule has 0 aromatic carbocycles. The Labute approximate surface area is 61.0 Å². The fourth-order valence-electron chi connectivity index (χ4n) is 0.363. The van der Waals surface area contributed by atoms with Crippen LogP contribution in [0.15, 0.2) is 23.6 Å². The zero-order chi connectivity index (χ0) is 7.11. The monoisotopic (exact) mass is 138 g/mol. The summed E-state index contributed by atoms with van der Waals surface area (Å²) in [6.45, 7) is 5.47. The van der Waals surface area contributed by atoms with Gasteiger partial charge in [-0.3, -0.25) is 0 Å². The molecule has 0 amide bonds. The lowest BCUT2D eigenvalue weighted by atomic mass is 10.5. The molecule has 48 valence electrons. The van der Waals surface area contributed by atoms with E-state index in [2.05, 4.69) is 18.4 Å². The first kappa shape index (κ1) is 8.39. The van der Waals surface area contributed by atoms with Crippen LogP contribution in [0.25, 0.3) is 0 Å². The number of hydrogen-bond acceptors (Lipinski definition) is 1. The molecule has 9 heavy (non-hydrogen) atoms. The molecule has 0 radical (unpaired) electrons. The molecule has 0 saturated carbocycles. The van der Waals surface area contributed by atoms with Gasteiger partial charge in [-0.15, -0.1) is 11.8 Å². The highest BCUT2D eigenvalue weighted by Gasteiger charge is 1.80. The average Bonchev–Trinajstić information content (AvgIpc) is 1.91. The predicted octanol–water partition coefficient (Wildman–Crippen LogP) is 2.44. The zero-order valence-electron chi connectivity index (χ0n) is 5.77. The first-order valence-corrected chi connectivity index (χ1v) is 3.90. The fraction of sp³-hybridized carbons (Fsp3) is 0.250. The van der Waals surface area contributed by atoms with Crippen molar-refractivity contribution in [1.82, 2.24) is 0 Å². The summed E-state index contributed by atoms with van der Waals surface area (Å²) in [5.41, 5.74) is 0. The van der Waals surface area contributed by atoms with E-state index in [9.17, 15) is 0 Å². The smallest absolute Gasteiger partial charge is 0.0531 e. The van der Waals surface area contributed by atoms with Crippen LogP contribution in [0.2, 0.25) is 0 Å². The molecule has 0 aliphatic rings. The van der Waals surface area contributed by atoms with Crippen molar-refractivity contribution in [1.29, 1.82) is 0 Å². The van der Waals surface area contributed by atoms with Crippen LogP contribution in [0.1, 0.15) is 6.92 Å². The number of thioether (sulfide) groups is 1. The summed E-state index contributed by atoms with van der Waals surface area (Å²) in [6, 6.07) is 0. The van der Waals surface area contributed by atoms with Gasteiger partial charge in [0.2, 0.25) is 0 Å². The first-order valence-electron chi connectivity index (χ1n) is 2.68. The van der Waals surface area contributed by atoms with E-state index < -0.39 is 0 Å². The van der Waals surface area contributed by atoms with Gasteiger partial charge in [0.05, 0.1) is 4.91 Å². The van der Waals surface area contributed by atoms with E-state index in [0.29, 0.717) is 0 Å². The molecule has 0 aliphatic heterocycles. The molecule has 0 unspecified atom stereocenters. The third-order valence-electron chi connectivity index (χ3n) is 0.780. The summed E-state index contributed by atoms with van der Waals surface area (Å²) in [5.74, 6) is 5.70. The molecule has 0 N–H and O–H groups in total. The van der Waals surface area contributed by atoms with Crippen LogP contribution in [-0.2, 0) is 0 Å². The number of hydrogen-bond donors (Lipinski definition) is 0. The Morgan fingerprint density at radius 3 is 2.67 bits per heavy atom. The molecule has 0 aromatic rings.